The molecule has 0 spiro atoms. The van der Waals surface area contributed by atoms with Crippen molar-refractivity contribution in [1.82, 2.24) is 25.5 Å². The number of aryl methyl sites for hydroxylation is 2. The maximum Gasteiger partial charge on any atom is 0.130 e. The molecule has 2 aromatic carbocycles. The van der Waals surface area contributed by atoms with Gasteiger partial charge in [0.25, 0.3) is 0 Å². The zero-order valence-electron chi connectivity index (χ0n) is 15.7. The van der Waals surface area contributed by atoms with Gasteiger partial charge in [-0.05, 0) is 30.7 Å². The Hall–Kier alpha value is -3.05. The summed E-state index contributed by atoms with van der Waals surface area (Å²) < 4.78 is 0. The van der Waals surface area contributed by atoms with E-state index in [1.165, 1.54) is 16.3 Å². The van der Waals surface area contributed by atoms with Crippen LogP contribution in [0.1, 0.15) is 22.8 Å². The van der Waals surface area contributed by atoms with E-state index in [0.29, 0.717) is 0 Å². The number of benzene rings is 2. The minimum Gasteiger partial charge on any atom is -0.312 e. The van der Waals surface area contributed by atoms with Crippen LogP contribution in [0.15, 0.2) is 54.7 Å². The molecular weight excluding hydrogens is 334 g/mol. The van der Waals surface area contributed by atoms with Gasteiger partial charge in [0.15, 0.2) is 0 Å². The van der Waals surface area contributed by atoms with E-state index in [-0.39, 0.29) is 0 Å². The summed E-state index contributed by atoms with van der Waals surface area (Å²) in [5.74, 6) is 0.890. The number of aromatic nitrogens is 4. The normalized spacial score (nSPS) is 11.2. The van der Waals surface area contributed by atoms with Gasteiger partial charge in [0.1, 0.15) is 5.82 Å². The first-order valence-corrected chi connectivity index (χ1v) is 9.23. The lowest BCUT2D eigenvalue weighted by Crippen LogP contribution is -2.18. The summed E-state index contributed by atoms with van der Waals surface area (Å²) in [5.41, 5.74) is 5.45. The van der Waals surface area contributed by atoms with Crippen LogP contribution in [-0.2, 0) is 13.0 Å². The number of rotatable bonds is 6. The number of hydrogen-bond donors (Lipinski definition) is 2. The summed E-state index contributed by atoms with van der Waals surface area (Å²) in [6.45, 7) is 5.59. The van der Waals surface area contributed by atoms with Crippen molar-refractivity contribution in [1.29, 1.82) is 0 Å². The SMILES string of the molecule is Cc1cc(C)nc(CCNCc2cn[nH]c2-c2cccc3ccccc23)n1. The number of fused-ring (bicyclic) bond motifs is 1. The Morgan fingerprint density at radius 2 is 1.74 bits per heavy atom. The Bertz CT molecular complexity index is 1040. The molecule has 0 bridgehead atoms. The molecule has 5 heteroatoms. The van der Waals surface area contributed by atoms with Gasteiger partial charge in [-0.15, -0.1) is 0 Å². The van der Waals surface area contributed by atoms with E-state index < -0.39 is 0 Å². The van der Waals surface area contributed by atoms with Gasteiger partial charge < -0.3 is 5.32 Å². The van der Waals surface area contributed by atoms with Gasteiger partial charge in [-0.2, -0.15) is 5.10 Å². The van der Waals surface area contributed by atoms with E-state index in [9.17, 15) is 0 Å². The summed E-state index contributed by atoms with van der Waals surface area (Å²) in [7, 11) is 0. The topological polar surface area (TPSA) is 66.5 Å². The number of H-pyrrole nitrogens is 1. The molecule has 4 rings (SSSR count). The van der Waals surface area contributed by atoms with E-state index in [1.807, 2.05) is 26.1 Å². The third kappa shape index (κ3) is 3.88. The number of nitrogens with zero attached hydrogens (tertiary/aromatic N) is 3. The van der Waals surface area contributed by atoms with Crippen molar-refractivity contribution in [3.63, 3.8) is 0 Å². The molecule has 0 amide bonds. The summed E-state index contributed by atoms with van der Waals surface area (Å²) in [4.78, 5) is 9.00. The fraction of sp³-hybridized carbons (Fsp3) is 0.227. The van der Waals surface area contributed by atoms with Crippen molar-refractivity contribution in [2.75, 3.05) is 6.54 Å². The second-order valence-electron chi connectivity index (χ2n) is 6.79. The highest BCUT2D eigenvalue weighted by Gasteiger charge is 2.10. The highest BCUT2D eigenvalue weighted by atomic mass is 15.1. The van der Waals surface area contributed by atoms with Crippen LogP contribution in [0, 0.1) is 13.8 Å². The van der Waals surface area contributed by atoms with Crippen molar-refractivity contribution in [2.24, 2.45) is 0 Å². The lowest BCUT2D eigenvalue weighted by molar-refractivity contribution is 0.668. The minimum atomic E-state index is 0.750. The molecule has 2 N–H and O–H groups in total. The van der Waals surface area contributed by atoms with Crippen molar-refractivity contribution < 1.29 is 0 Å². The van der Waals surface area contributed by atoms with E-state index in [0.717, 1.165) is 48.0 Å². The second-order valence-corrected chi connectivity index (χ2v) is 6.79. The van der Waals surface area contributed by atoms with Crippen LogP contribution in [0.2, 0.25) is 0 Å². The Morgan fingerprint density at radius 3 is 2.59 bits per heavy atom. The maximum atomic E-state index is 4.50. The molecule has 5 nitrogen and oxygen atoms in total. The van der Waals surface area contributed by atoms with Gasteiger partial charge in [-0.1, -0.05) is 42.5 Å². The van der Waals surface area contributed by atoms with Crippen molar-refractivity contribution in [3.05, 3.63) is 77.5 Å². The van der Waals surface area contributed by atoms with Crippen LogP contribution in [0.5, 0.6) is 0 Å². The zero-order chi connectivity index (χ0) is 18.6. The van der Waals surface area contributed by atoms with Crippen LogP contribution < -0.4 is 5.32 Å². The number of nitrogens with one attached hydrogen (secondary N) is 2. The quantitative estimate of drug-likeness (QED) is 0.513. The summed E-state index contributed by atoms with van der Waals surface area (Å²) in [6.07, 6.45) is 2.71. The highest BCUT2D eigenvalue weighted by molar-refractivity contribution is 5.96. The Labute approximate surface area is 158 Å². The predicted molar refractivity (Wildman–Crippen MR) is 108 cm³/mol. The summed E-state index contributed by atoms with van der Waals surface area (Å²) in [6, 6.07) is 16.8. The van der Waals surface area contributed by atoms with Crippen LogP contribution >= 0.6 is 0 Å². The van der Waals surface area contributed by atoms with Gasteiger partial charge in [-0.3, -0.25) is 5.10 Å². The monoisotopic (exact) mass is 357 g/mol. The Balaban J connectivity index is 1.46. The molecule has 27 heavy (non-hydrogen) atoms. The van der Waals surface area contributed by atoms with Gasteiger partial charge in [-0.25, -0.2) is 9.97 Å². The first kappa shape index (κ1) is 17.4. The van der Waals surface area contributed by atoms with Crippen molar-refractivity contribution in [3.8, 4) is 11.3 Å². The van der Waals surface area contributed by atoms with Crippen molar-refractivity contribution in [2.45, 2.75) is 26.8 Å². The summed E-state index contributed by atoms with van der Waals surface area (Å²) in [5, 5.41) is 13.4. The van der Waals surface area contributed by atoms with E-state index >= 15 is 0 Å². The molecule has 2 heterocycles. The van der Waals surface area contributed by atoms with Gasteiger partial charge in [0.2, 0.25) is 0 Å². The Kier molecular flexibility index (Phi) is 4.94. The average Bonchev–Trinajstić information content (AvgIpc) is 3.12. The molecule has 136 valence electrons. The molecular formula is C22H23N5. The minimum absolute atomic E-state index is 0.750. The molecule has 0 aliphatic rings. The van der Waals surface area contributed by atoms with Crippen LogP contribution in [0.25, 0.3) is 22.0 Å². The zero-order valence-corrected chi connectivity index (χ0v) is 15.7. The molecule has 0 unspecified atom stereocenters. The largest absolute Gasteiger partial charge is 0.312 e. The standard InChI is InChI=1S/C22H23N5/c1-15-12-16(2)26-21(25-15)10-11-23-13-18-14-24-27-22(18)20-9-5-7-17-6-3-4-8-19(17)20/h3-9,12,14,23H,10-11,13H2,1-2H3,(H,24,27). The van der Waals surface area contributed by atoms with Crippen molar-refractivity contribution >= 4 is 10.8 Å². The average molecular weight is 357 g/mol. The molecule has 0 saturated carbocycles. The fourth-order valence-corrected chi connectivity index (χ4v) is 3.46. The van der Waals surface area contributed by atoms with E-state index in [2.05, 4.69) is 67.9 Å². The van der Waals surface area contributed by atoms with Crippen LogP contribution in [0.3, 0.4) is 0 Å². The third-order valence-corrected chi connectivity index (χ3v) is 4.65. The van der Waals surface area contributed by atoms with Gasteiger partial charge in [0, 0.05) is 42.0 Å². The number of hydrogen-bond acceptors (Lipinski definition) is 4. The first-order valence-electron chi connectivity index (χ1n) is 9.23. The third-order valence-electron chi connectivity index (χ3n) is 4.65. The maximum absolute atomic E-state index is 4.50. The van der Waals surface area contributed by atoms with Gasteiger partial charge >= 0.3 is 0 Å². The van der Waals surface area contributed by atoms with E-state index in [1.54, 1.807) is 0 Å². The second kappa shape index (κ2) is 7.68. The number of aromatic amines is 1. The highest BCUT2D eigenvalue weighted by Crippen LogP contribution is 2.29. The smallest absolute Gasteiger partial charge is 0.130 e. The molecule has 0 fully saturated rings. The molecule has 0 saturated heterocycles. The fourth-order valence-electron chi connectivity index (χ4n) is 3.46. The van der Waals surface area contributed by atoms with Crippen LogP contribution in [-0.4, -0.2) is 26.7 Å². The van der Waals surface area contributed by atoms with Gasteiger partial charge in [0.05, 0.1) is 11.9 Å². The predicted octanol–water partition coefficient (Wildman–Crippen LogP) is 3.97. The summed E-state index contributed by atoms with van der Waals surface area (Å²) >= 11 is 0. The van der Waals surface area contributed by atoms with E-state index in [4.69, 9.17) is 0 Å². The molecule has 0 aliphatic heterocycles. The molecule has 0 aliphatic carbocycles. The molecule has 0 atom stereocenters. The molecule has 0 radical (unpaired) electrons. The lowest BCUT2D eigenvalue weighted by atomic mass is 10.00. The molecule has 2 aromatic heterocycles. The Morgan fingerprint density at radius 1 is 0.963 bits per heavy atom. The molecule has 4 aromatic rings. The lowest BCUT2D eigenvalue weighted by Gasteiger charge is -2.09. The first-order chi connectivity index (χ1) is 13.2. The van der Waals surface area contributed by atoms with Crippen LogP contribution in [0.4, 0.5) is 0 Å².